The average molecular weight is 276 g/mol. The molecule has 1 aliphatic carbocycles. The Morgan fingerprint density at radius 3 is 2.45 bits per heavy atom. The van der Waals surface area contributed by atoms with Crippen molar-refractivity contribution in [3.8, 4) is 0 Å². The zero-order chi connectivity index (χ0) is 14.4. The smallest absolute Gasteiger partial charge is 0.269 e. The monoisotopic (exact) mass is 276 g/mol. The van der Waals surface area contributed by atoms with E-state index in [1.807, 2.05) is 0 Å². The van der Waals surface area contributed by atoms with Crippen molar-refractivity contribution >= 4 is 17.3 Å². The molecular weight excluding hydrogens is 256 g/mol. The first-order chi connectivity index (χ1) is 9.65. The van der Waals surface area contributed by atoms with Crippen molar-refractivity contribution in [2.24, 2.45) is 5.92 Å². The Morgan fingerprint density at radius 2 is 1.85 bits per heavy atom. The van der Waals surface area contributed by atoms with Crippen molar-refractivity contribution in [3.05, 3.63) is 34.4 Å². The second kappa shape index (κ2) is 7.03. The molecule has 1 aliphatic rings. The molecule has 0 atom stereocenters. The second-order valence-electron chi connectivity index (χ2n) is 5.39. The van der Waals surface area contributed by atoms with Crippen molar-refractivity contribution in [1.29, 1.82) is 0 Å². The molecule has 1 amide bonds. The van der Waals surface area contributed by atoms with Crippen molar-refractivity contribution in [2.75, 3.05) is 5.32 Å². The number of amides is 1. The number of nitrogens with zero attached hydrogens (tertiary/aromatic N) is 1. The van der Waals surface area contributed by atoms with Gasteiger partial charge >= 0.3 is 0 Å². The van der Waals surface area contributed by atoms with Crippen LogP contribution in [0.4, 0.5) is 11.4 Å². The summed E-state index contributed by atoms with van der Waals surface area (Å²) in [6.07, 6.45) is 7.85. The number of nitro groups is 1. The average Bonchev–Trinajstić information content (AvgIpc) is 2.47. The van der Waals surface area contributed by atoms with Gasteiger partial charge in [-0.1, -0.05) is 32.1 Å². The second-order valence-corrected chi connectivity index (χ2v) is 5.39. The standard InChI is InChI=1S/C15H20N2O3/c18-15(11-6-12-4-2-1-3-5-12)16-13-7-9-14(10-8-13)17(19)20/h7-10,12H,1-6,11H2,(H,16,18). The minimum atomic E-state index is -0.450. The largest absolute Gasteiger partial charge is 0.326 e. The van der Waals surface area contributed by atoms with E-state index in [4.69, 9.17) is 0 Å². The predicted molar refractivity (Wildman–Crippen MR) is 77.5 cm³/mol. The summed E-state index contributed by atoms with van der Waals surface area (Å²) in [6.45, 7) is 0. The van der Waals surface area contributed by atoms with Crippen LogP contribution < -0.4 is 5.32 Å². The van der Waals surface area contributed by atoms with E-state index in [1.54, 1.807) is 12.1 Å². The number of carbonyl (C=O) groups is 1. The number of rotatable bonds is 5. The molecule has 1 fully saturated rings. The highest BCUT2D eigenvalue weighted by Gasteiger charge is 2.15. The number of nitro benzene ring substituents is 1. The Kier molecular flexibility index (Phi) is 5.09. The minimum absolute atomic E-state index is 0.00979. The molecule has 1 aromatic carbocycles. The van der Waals surface area contributed by atoms with Gasteiger partial charge in [-0.25, -0.2) is 0 Å². The highest BCUT2D eigenvalue weighted by Crippen LogP contribution is 2.27. The number of benzene rings is 1. The molecule has 1 aromatic rings. The number of anilines is 1. The molecule has 0 radical (unpaired) electrons. The molecule has 0 heterocycles. The van der Waals surface area contributed by atoms with Crippen LogP contribution in [0.5, 0.6) is 0 Å². The SMILES string of the molecule is O=C(CCC1CCCCC1)Nc1ccc([N+](=O)[O-])cc1. The normalized spacial score (nSPS) is 15.8. The highest BCUT2D eigenvalue weighted by atomic mass is 16.6. The van der Waals surface area contributed by atoms with Gasteiger partial charge in [0.15, 0.2) is 0 Å². The van der Waals surface area contributed by atoms with E-state index in [9.17, 15) is 14.9 Å². The van der Waals surface area contributed by atoms with E-state index in [0.717, 1.165) is 6.42 Å². The predicted octanol–water partition coefficient (Wildman–Crippen LogP) is 3.89. The van der Waals surface area contributed by atoms with Gasteiger partial charge in [0.05, 0.1) is 4.92 Å². The molecule has 0 bridgehead atoms. The van der Waals surface area contributed by atoms with Gasteiger partial charge in [-0.15, -0.1) is 0 Å². The first kappa shape index (κ1) is 14.5. The molecule has 0 unspecified atom stereocenters. The number of hydrogen-bond acceptors (Lipinski definition) is 3. The zero-order valence-corrected chi connectivity index (χ0v) is 11.5. The third-order valence-corrected chi connectivity index (χ3v) is 3.87. The first-order valence-corrected chi connectivity index (χ1v) is 7.19. The Bertz CT molecular complexity index is 465. The lowest BCUT2D eigenvalue weighted by Gasteiger charge is -2.20. The lowest BCUT2D eigenvalue weighted by Crippen LogP contribution is -2.14. The number of nitrogens with one attached hydrogen (secondary N) is 1. The van der Waals surface area contributed by atoms with E-state index in [2.05, 4.69) is 5.32 Å². The topological polar surface area (TPSA) is 72.2 Å². The first-order valence-electron chi connectivity index (χ1n) is 7.19. The van der Waals surface area contributed by atoms with E-state index < -0.39 is 4.92 Å². The number of carbonyl (C=O) groups excluding carboxylic acids is 1. The molecule has 0 aromatic heterocycles. The van der Waals surface area contributed by atoms with Crippen LogP contribution in [0.1, 0.15) is 44.9 Å². The van der Waals surface area contributed by atoms with Crippen LogP contribution in [-0.4, -0.2) is 10.8 Å². The molecule has 20 heavy (non-hydrogen) atoms. The van der Waals surface area contributed by atoms with Crippen molar-refractivity contribution < 1.29 is 9.72 Å². The van der Waals surface area contributed by atoms with Crippen molar-refractivity contribution in [3.63, 3.8) is 0 Å². The van der Waals surface area contributed by atoms with Gasteiger partial charge in [-0.05, 0) is 24.5 Å². The summed E-state index contributed by atoms with van der Waals surface area (Å²) in [5.41, 5.74) is 0.648. The third kappa shape index (κ3) is 4.33. The maximum atomic E-state index is 11.8. The molecular formula is C15H20N2O3. The molecule has 2 rings (SSSR count). The Balaban J connectivity index is 1.77. The Morgan fingerprint density at radius 1 is 1.20 bits per heavy atom. The summed E-state index contributed by atoms with van der Waals surface area (Å²) in [5.74, 6) is 0.677. The van der Waals surface area contributed by atoms with Gasteiger partial charge in [0, 0.05) is 24.2 Å². The Hall–Kier alpha value is -1.91. The molecule has 1 N–H and O–H groups in total. The van der Waals surface area contributed by atoms with Gasteiger partial charge < -0.3 is 5.32 Å². The molecule has 5 nitrogen and oxygen atoms in total. The van der Waals surface area contributed by atoms with Gasteiger partial charge in [-0.3, -0.25) is 14.9 Å². The molecule has 108 valence electrons. The fourth-order valence-corrected chi connectivity index (χ4v) is 2.70. The zero-order valence-electron chi connectivity index (χ0n) is 11.5. The minimum Gasteiger partial charge on any atom is -0.326 e. The quantitative estimate of drug-likeness (QED) is 0.655. The van der Waals surface area contributed by atoms with Crippen LogP contribution >= 0.6 is 0 Å². The summed E-state index contributed by atoms with van der Waals surface area (Å²) < 4.78 is 0. The summed E-state index contributed by atoms with van der Waals surface area (Å²) in [4.78, 5) is 21.9. The lowest BCUT2D eigenvalue weighted by atomic mass is 9.86. The lowest BCUT2D eigenvalue weighted by molar-refractivity contribution is -0.384. The summed E-state index contributed by atoms with van der Waals surface area (Å²) in [5, 5.41) is 13.3. The van der Waals surface area contributed by atoms with Crippen LogP contribution in [0.3, 0.4) is 0 Å². The van der Waals surface area contributed by atoms with Gasteiger partial charge in [0.25, 0.3) is 5.69 Å². The Labute approximate surface area is 118 Å². The van der Waals surface area contributed by atoms with Gasteiger partial charge in [-0.2, -0.15) is 0 Å². The molecule has 1 saturated carbocycles. The van der Waals surface area contributed by atoms with E-state index >= 15 is 0 Å². The molecule has 0 spiro atoms. The fraction of sp³-hybridized carbons (Fsp3) is 0.533. The van der Waals surface area contributed by atoms with Crippen molar-refractivity contribution in [1.82, 2.24) is 0 Å². The maximum absolute atomic E-state index is 11.8. The highest BCUT2D eigenvalue weighted by molar-refractivity contribution is 5.90. The van der Waals surface area contributed by atoms with Crippen molar-refractivity contribution in [2.45, 2.75) is 44.9 Å². The van der Waals surface area contributed by atoms with E-state index in [0.29, 0.717) is 18.0 Å². The maximum Gasteiger partial charge on any atom is 0.269 e. The van der Waals surface area contributed by atoms with Gasteiger partial charge in [0.1, 0.15) is 0 Å². The number of non-ortho nitro benzene ring substituents is 1. The number of hydrogen-bond donors (Lipinski definition) is 1. The fourth-order valence-electron chi connectivity index (χ4n) is 2.70. The van der Waals surface area contributed by atoms with Crippen LogP contribution in [0.25, 0.3) is 0 Å². The van der Waals surface area contributed by atoms with Crippen LogP contribution in [0.15, 0.2) is 24.3 Å². The summed E-state index contributed by atoms with van der Waals surface area (Å²) >= 11 is 0. The van der Waals surface area contributed by atoms with E-state index in [-0.39, 0.29) is 11.6 Å². The third-order valence-electron chi connectivity index (χ3n) is 3.87. The molecule has 0 aliphatic heterocycles. The van der Waals surface area contributed by atoms with Crippen LogP contribution in [-0.2, 0) is 4.79 Å². The summed E-state index contributed by atoms with van der Waals surface area (Å²) in [6, 6.07) is 5.93. The van der Waals surface area contributed by atoms with Crippen LogP contribution in [0, 0.1) is 16.0 Å². The molecule has 5 heteroatoms. The van der Waals surface area contributed by atoms with Gasteiger partial charge in [0.2, 0.25) is 5.91 Å². The molecule has 0 saturated heterocycles. The van der Waals surface area contributed by atoms with Crippen LogP contribution in [0.2, 0.25) is 0 Å². The summed E-state index contributed by atoms with van der Waals surface area (Å²) in [7, 11) is 0. The van der Waals surface area contributed by atoms with E-state index in [1.165, 1.54) is 44.2 Å².